The van der Waals surface area contributed by atoms with Crippen molar-refractivity contribution in [3.63, 3.8) is 0 Å². The van der Waals surface area contributed by atoms with Crippen LogP contribution in [0.2, 0.25) is 39.3 Å². The van der Waals surface area contributed by atoms with Crippen molar-refractivity contribution in [2.24, 2.45) is 0 Å². The second kappa shape index (κ2) is 5.77. The van der Waals surface area contributed by atoms with Crippen LogP contribution in [0.25, 0.3) is 0 Å². The van der Waals surface area contributed by atoms with Crippen molar-refractivity contribution in [1.82, 2.24) is 0 Å². The fourth-order valence-electron chi connectivity index (χ4n) is 4.03. The van der Waals surface area contributed by atoms with Gasteiger partial charge in [0, 0.05) is 10.3 Å². The van der Waals surface area contributed by atoms with Crippen molar-refractivity contribution in [2.45, 2.75) is 56.5 Å². The van der Waals surface area contributed by atoms with E-state index in [2.05, 4.69) is 76.5 Å². The Labute approximate surface area is 133 Å². The average molecular weight is 337 g/mol. The Hall–Kier alpha value is -0.216. The molecule has 1 atom stereocenters. The predicted octanol–water partition coefficient (Wildman–Crippen LogP) is 5.39. The van der Waals surface area contributed by atoms with Crippen LogP contribution in [0.4, 0.5) is 0 Å². The Kier molecular flexibility index (Phi) is 4.71. The molecule has 0 saturated heterocycles. The van der Waals surface area contributed by atoms with Crippen molar-refractivity contribution in [1.29, 1.82) is 0 Å². The van der Waals surface area contributed by atoms with E-state index in [0.29, 0.717) is 10.3 Å². The molecule has 0 aromatic heterocycles. The molecule has 116 valence electrons. The Bertz CT molecular complexity index is 512. The fourth-order valence-corrected chi connectivity index (χ4v) is 20.2. The zero-order valence-electron chi connectivity index (χ0n) is 14.5. The zero-order valence-corrected chi connectivity index (χ0v) is 17.4. The molecule has 1 aromatic carbocycles. The Balaban J connectivity index is 2.60. The molecule has 0 saturated carbocycles. The maximum Gasteiger partial charge on any atom is 0.0826 e. The van der Waals surface area contributed by atoms with E-state index >= 15 is 0 Å². The summed E-state index contributed by atoms with van der Waals surface area (Å²) < 4.78 is 6.52. The van der Waals surface area contributed by atoms with Gasteiger partial charge in [-0.3, -0.25) is 0 Å². The summed E-state index contributed by atoms with van der Waals surface area (Å²) in [5, 5.41) is 0. The second-order valence-electron chi connectivity index (χ2n) is 7.99. The molecule has 0 fully saturated rings. The number of ether oxygens (including phenoxy) is 1. The van der Waals surface area contributed by atoms with Crippen LogP contribution in [0.5, 0.6) is 0 Å². The van der Waals surface area contributed by atoms with Gasteiger partial charge in [0.15, 0.2) is 0 Å². The molecule has 1 nitrogen and oxygen atoms in total. The SMILES string of the molecule is CCOC1=PC([Si](C)(C)C)([Si](C)(C)C)C1c1ccccc1. The molecule has 1 aliphatic heterocycles. The van der Waals surface area contributed by atoms with Crippen LogP contribution in [0.1, 0.15) is 18.4 Å². The van der Waals surface area contributed by atoms with Gasteiger partial charge in [0.2, 0.25) is 0 Å². The lowest BCUT2D eigenvalue weighted by Crippen LogP contribution is -2.71. The number of rotatable bonds is 5. The minimum Gasteiger partial charge on any atom is -0.346 e. The summed E-state index contributed by atoms with van der Waals surface area (Å²) in [4.78, 5) is 0. The lowest BCUT2D eigenvalue weighted by molar-refractivity contribution is 0.316. The van der Waals surface area contributed by atoms with E-state index in [1.807, 2.05) is 0 Å². The molecule has 1 aliphatic rings. The maximum atomic E-state index is 6.04. The molecule has 1 heterocycles. The first kappa shape index (κ1) is 17.1. The van der Waals surface area contributed by atoms with Crippen LogP contribution < -0.4 is 0 Å². The van der Waals surface area contributed by atoms with E-state index in [1.54, 1.807) is 0 Å². The van der Waals surface area contributed by atoms with Gasteiger partial charge in [-0.15, -0.1) is 0 Å². The molecule has 0 radical (unpaired) electrons. The molecule has 2 rings (SSSR count). The molecule has 0 aliphatic carbocycles. The van der Waals surface area contributed by atoms with Gasteiger partial charge in [0.1, 0.15) is 0 Å². The van der Waals surface area contributed by atoms with Crippen molar-refractivity contribution < 1.29 is 4.74 Å². The van der Waals surface area contributed by atoms with Crippen LogP contribution in [-0.4, -0.2) is 32.6 Å². The normalized spacial score (nSPS) is 22.4. The molecular weight excluding hydrogens is 307 g/mol. The quantitative estimate of drug-likeness (QED) is 0.517. The van der Waals surface area contributed by atoms with Crippen LogP contribution >= 0.6 is 8.20 Å². The zero-order chi connectivity index (χ0) is 15.9. The van der Waals surface area contributed by atoms with E-state index in [0.717, 1.165) is 6.61 Å². The van der Waals surface area contributed by atoms with Crippen molar-refractivity contribution in [3.8, 4) is 0 Å². The van der Waals surface area contributed by atoms with Crippen molar-refractivity contribution >= 4 is 29.8 Å². The van der Waals surface area contributed by atoms with Gasteiger partial charge in [-0.25, -0.2) is 0 Å². The van der Waals surface area contributed by atoms with E-state index in [1.165, 1.54) is 19.2 Å². The van der Waals surface area contributed by atoms with Crippen LogP contribution in [0.15, 0.2) is 30.3 Å². The molecule has 21 heavy (non-hydrogen) atoms. The van der Waals surface area contributed by atoms with Crippen LogP contribution in [0.3, 0.4) is 0 Å². The summed E-state index contributed by atoms with van der Waals surface area (Å²) in [5.41, 5.74) is 2.78. The van der Waals surface area contributed by atoms with Gasteiger partial charge in [-0.05, 0) is 12.5 Å². The highest BCUT2D eigenvalue weighted by molar-refractivity contribution is 7.55. The molecule has 1 aromatic rings. The Morgan fingerprint density at radius 1 is 1.00 bits per heavy atom. The fraction of sp³-hybridized carbons (Fsp3) is 0.588. The van der Waals surface area contributed by atoms with E-state index in [-0.39, 0.29) is 0 Å². The highest BCUT2D eigenvalue weighted by Crippen LogP contribution is 2.60. The lowest BCUT2D eigenvalue weighted by atomic mass is 10.0. The van der Waals surface area contributed by atoms with Crippen molar-refractivity contribution in [2.75, 3.05) is 6.61 Å². The Morgan fingerprint density at radius 3 is 1.95 bits per heavy atom. The Morgan fingerprint density at radius 2 is 1.52 bits per heavy atom. The first-order chi connectivity index (χ1) is 9.65. The van der Waals surface area contributed by atoms with Gasteiger partial charge in [0.05, 0.1) is 28.2 Å². The molecule has 4 heteroatoms. The monoisotopic (exact) mass is 336 g/mol. The first-order valence-electron chi connectivity index (χ1n) is 7.92. The third kappa shape index (κ3) is 2.74. The summed E-state index contributed by atoms with van der Waals surface area (Å²) in [7, 11) is -1.16. The van der Waals surface area contributed by atoms with Gasteiger partial charge >= 0.3 is 0 Å². The van der Waals surface area contributed by atoms with Gasteiger partial charge in [-0.1, -0.05) is 77.8 Å². The lowest BCUT2D eigenvalue weighted by Gasteiger charge is -2.60. The summed E-state index contributed by atoms with van der Waals surface area (Å²) in [6.45, 7) is 18.2. The first-order valence-corrected chi connectivity index (χ1v) is 15.8. The van der Waals surface area contributed by atoms with E-state index in [4.69, 9.17) is 4.74 Å². The number of hydrogen-bond acceptors (Lipinski definition) is 1. The number of hydrogen-bond donors (Lipinski definition) is 0. The third-order valence-corrected chi connectivity index (χ3v) is 20.2. The summed E-state index contributed by atoms with van der Waals surface area (Å²) in [6.07, 6.45) is 0. The third-order valence-electron chi connectivity index (χ3n) is 4.66. The molecule has 1 unspecified atom stereocenters. The molecule has 0 amide bonds. The second-order valence-corrected chi connectivity index (χ2v) is 21.3. The van der Waals surface area contributed by atoms with Gasteiger partial charge in [-0.2, -0.15) is 0 Å². The molecular formula is C17H29OPSi2. The molecule has 0 N–H and O–H groups in total. The molecule has 0 spiro atoms. The molecule has 0 bridgehead atoms. The van der Waals surface area contributed by atoms with Gasteiger partial charge < -0.3 is 4.74 Å². The summed E-state index contributed by atoms with van der Waals surface area (Å²) in [5.74, 6) is 0.513. The number of benzene rings is 1. The standard InChI is InChI=1S/C17H29OPSi2/c1-8-18-16-15(14-12-10-9-11-13-14)17(19-16,20(2,3)4)21(5,6)7/h9-13,15H,8H2,1-7H3. The summed E-state index contributed by atoms with van der Waals surface area (Å²) >= 11 is 0. The minimum atomic E-state index is -1.33. The van der Waals surface area contributed by atoms with Crippen molar-refractivity contribution in [3.05, 3.63) is 35.9 Å². The summed E-state index contributed by atoms with van der Waals surface area (Å²) in [6, 6.07) is 11.1. The minimum absolute atomic E-state index is 0.478. The van der Waals surface area contributed by atoms with Crippen LogP contribution in [0, 0.1) is 0 Å². The highest BCUT2D eigenvalue weighted by atomic mass is 31.1. The van der Waals surface area contributed by atoms with E-state index < -0.39 is 16.1 Å². The maximum absolute atomic E-state index is 6.04. The largest absolute Gasteiger partial charge is 0.346 e. The topological polar surface area (TPSA) is 9.23 Å². The average Bonchev–Trinajstić information content (AvgIpc) is 2.31. The smallest absolute Gasteiger partial charge is 0.0826 e. The van der Waals surface area contributed by atoms with E-state index in [9.17, 15) is 0 Å². The predicted molar refractivity (Wildman–Crippen MR) is 102 cm³/mol. The highest BCUT2D eigenvalue weighted by Gasteiger charge is 2.63. The van der Waals surface area contributed by atoms with Gasteiger partial charge in [0.25, 0.3) is 0 Å². The van der Waals surface area contributed by atoms with Crippen LogP contribution in [-0.2, 0) is 4.74 Å².